The molecule has 96 valence electrons. The average Bonchev–Trinajstić information content (AvgIpc) is 2.75. The Morgan fingerprint density at radius 1 is 1.39 bits per heavy atom. The minimum atomic E-state index is 0.406. The second-order valence-corrected chi connectivity index (χ2v) is 5.04. The first-order valence-electron chi connectivity index (χ1n) is 6.01. The van der Waals surface area contributed by atoms with Crippen molar-refractivity contribution in [1.82, 2.24) is 10.3 Å². The maximum atomic E-state index is 6.20. The summed E-state index contributed by atoms with van der Waals surface area (Å²) < 4.78 is 5.68. The van der Waals surface area contributed by atoms with Gasteiger partial charge in [0.2, 0.25) is 5.89 Å². The van der Waals surface area contributed by atoms with E-state index in [2.05, 4.69) is 24.1 Å². The van der Waals surface area contributed by atoms with Crippen molar-refractivity contribution >= 4 is 11.6 Å². The van der Waals surface area contributed by atoms with Crippen LogP contribution >= 0.6 is 11.6 Å². The molecule has 1 aromatic heterocycles. The summed E-state index contributed by atoms with van der Waals surface area (Å²) in [4.78, 5) is 4.24. The Morgan fingerprint density at radius 2 is 2.17 bits per heavy atom. The van der Waals surface area contributed by atoms with Crippen molar-refractivity contribution in [3.05, 3.63) is 40.9 Å². The zero-order valence-electron chi connectivity index (χ0n) is 10.8. The number of benzene rings is 1. The van der Waals surface area contributed by atoms with Crippen molar-refractivity contribution in [3.8, 4) is 11.3 Å². The number of rotatable bonds is 4. The van der Waals surface area contributed by atoms with E-state index in [4.69, 9.17) is 16.0 Å². The zero-order chi connectivity index (χ0) is 13.1. The highest BCUT2D eigenvalue weighted by Gasteiger charge is 2.10. The Bertz CT molecular complexity index is 534. The summed E-state index contributed by atoms with van der Waals surface area (Å²) in [6.45, 7) is 6.80. The minimum Gasteiger partial charge on any atom is -0.439 e. The molecular weight excluding hydrogens is 248 g/mol. The molecule has 0 aliphatic carbocycles. The van der Waals surface area contributed by atoms with Gasteiger partial charge in [-0.2, -0.15) is 0 Å². The van der Waals surface area contributed by atoms with E-state index in [0.717, 1.165) is 11.1 Å². The summed E-state index contributed by atoms with van der Waals surface area (Å²) in [5.74, 6) is 1.39. The van der Waals surface area contributed by atoms with Gasteiger partial charge < -0.3 is 9.73 Å². The van der Waals surface area contributed by atoms with Gasteiger partial charge in [-0.1, -0.05) is 31.5 Å². The largest absolute Gasteiger partial charge is 0.439 e. The van der Waals surface area contributed by atoms with Crippen LogP contribution in [-0.4, -0.2) is 11.0 Å². The molecule has 0 aliphatic rings. The molecule has 4 heteroatoms. The molecule has 0 bridgehead atoms. The standard InChI is InChI=1S/C14H17ClN2O/c1-9(2)16-8-14-17-7-13(18-14)11-5-4-10(3)6-12(11)15/h4-7,9,16H,8H2,1-3H3. The van der Waals surface area contributed by atoms with Gasteiger partial charge in [0, 0.05) is 11.6 Å². The van der Waals surface area contributed by atoms with Crippen molar-refractivity contribution in [2.24, 2.45) is 0 Å². The second-order valence-electron chi connectivity index (χ2n) is 4.64. The Hall–Kier alpha value is -1.32. The second kappa shape index (κ2) is 5.55. The predicted octanol–water partition coefficient (Wildman–Crippen LogP) is 3.80. The van der Waals surface area contributed by atoms with Crippen LogP contribution < -0.4 is 5.32 Å². The third kappa shape index (κ3) is 3.12. The summed E-state index contributed by atoms with van der Waals surface area (Å²) in [5.41, 5.74) is 2.01. The Morgan fingerprint density at radius 3 is 2.83 bits per heavy atom. The fraction of sp³-hybridized carbons (Fsp3) is 0.357. The molecule has 0 amide bonds. The SMILES string of the molecule is Cc1ccc(-c2cnc(CNC(C)C)o2)c(Cl)c1. The highest BCUT2D eigenvalue weighted by molar-refractivity contribution is 6.33. The van der Waals surface area contributed by atoms with Crippen molar-refractivity contribution in [3.63, 3.8) is 0 Å². The molecule has 0 unspecified atom stereocenters. The Balaban J connectivity index is 2.18. The van der Waals surface area contributed by atoms with E-state index >= 15 is 0 Å². The molecule has 2 rings (SSSR count). The molecule has 0 aliphatic heterocycles. The smallest absolute Gasteiger partial charge is 0.208 e. The summed E-state index contributed by atoms with van der Waals surface area (Å²) >= 11 is 6.20. The predicted molar refractivity (Wildman–Crippen MR) is 73.7 cm³/mol. The van der Waals surface area contributed by atoms with Gasteiger partial charge in [0.25, 0.3) is 0 Å². The number of halogens is 1. The maximum Gasteiger partial charge on any atom is 0.208 e. The molecular formula is C14H17ClN2O. The van der Waals surface area contributed by atoms with Crippen LogP contribution in [-0.2, 0) is 6.54 Å². The van der Waals surface area contributed by atoms with Crippen LogP contribution in [0, 0.1) is 6.92 Å². The number of hydrogen-bond donors (Lipinski definition) is 1. The number of aromatic nitrogens is 1. The third-order valence-electron chi connectivity index (χ3n) is 2.61. The molecule has 0 spiro atoms. The summed E-state index contributed by atoms with van der Waals surface area (Å²) in [6, 6.07) is 6.29. The van der Waals surface area contributed by atoms with E-state index in [0.29, 0.717) is 29.3 Å². The lowest BCUT2D eigenvalue weighted by molar-refractivity contribution is 0.459. The first-order chi connectivity index (χ1) is 8.56. The summed E-state index contributed by atoms with van der Waals surface area (Å²) in [6.07, 6.45) is 1.72. The molecule has 1 aromatic carbocycles. The fourth-order valence-corrected chi connectivity index (χ4v) is 1.96. The first kappa shape index (κ1) is 13.1. The monoisotopic (exact) mass is 264 g/mol. The number of nitrogens with one attached hydrogen (secondary N) is 1. The highest BCUT2D eigenvalue weighted by Crippen LogP contribution is 2.29. The summed E-state index contributed by atoms with van der Waals surface area (Å²) in [7, 11) is 0. The maximum absolute atomic E-state index is 6.20. The number of aryl methyl sites for hydroxylation is 1. The van der Waals surface area contributed by atoms with Gasteiger partial charge in [-0.15, -0.1) is 0 Å². The van der Waals surface area contributed by atoms with E-state index in [1.165, 1.54) is 0 Å². The van der Waals surface area contributed by atoms with Gasteiger partial charge in [-0.05, 0) is 24.6 Å². The third-order valence-corrected chi connectivity index (χ3v) is 2.92. The molecule has 0 saturated carbocycles. The normalized spacial score (nSPS) is 11.2. The van der Waals surface area contributed by atoms with E-state index in [9.17, 15) is 0 Å². The lowest BCUT2D eigenvalue weighted by atomic mass is 10.1. The van der Waals surface area contributed by atoms with Crippen molar-refractivity contribution < 1.29 is 4.42 Å². The van der Waals surface area contributed by atoms with Crippen LogP contribution in [0.2, 0.25) is 5.02 Å². The van der Waals surface area contributed by atoms with Crippen LogP contribution in [0.15, 0.2) is 28.8 Å². The van der Waals surface area contributed by atoms with Crippen molar-refractivity contribution in [2.45, 2.75) is 33.4 Å². The van der Waals surface area contributed by atoms with E-state index in [-0.39, 0.29) is 0 Å². The number of oxazole rings is 1. The molecule has 0 atom stereocenters. The van der Waals surface area contributed by atoms with Crippen LogP contribution in [0.3, 0.4) is 0 Å². The van der Waals surface area contributed by atoms with Gasteiger partial charge in [0.05, 0.1) is 17.8 Å². The van der Waals surface area contributed by atoms with Gasteiger partial charge in [0.1, 0.15) is 0 Å². The number of nitrogens with zero attached hydrogens (tertiary/aromatic N) is 1. The molecule has 2 aromatic rings. The van der Waals surface area contributed by atoms with Crippen LogP contribution in [0.5, 0.6) is 0 Å². The Kier molecular flexibility index (Phi) is 4.04. The van der Waals surface area contributed by atoms with Gasteiger partial charge >= 0.3 is 0 Å². The van der Waals surface area contributed by atoms with Gasteiger partial charge in [-0.3, -0.25) is 0 Å². The zero-order valence-corrected chi connectivity index (χ0v) is 11.6. The van der Waals surface area contributed by atoms with Crippen LogP contribution in [0.4, 0.5) is 0 Å². The van der Waals surface area contributed by atoms with E-state index < -0.39 is 0 Å². The van der Waals surface area contributed by atoms with E-state index in [1.54, 1.807) is 6.20 Å². The minimum absolute atomic E-state index is 0.406. The van der Waals surface area contributed by atoms with Gasteiger partial charge in [0.15, 0.2) is 5.76 Å². The average molecular weight is 265 g/mol. The van der Waals surface area contributed by atoms with Crippen molar-refractivity contribution in [1.29, 1.82) is 0 Å². The molecule has 0 radical (unpaired) electrons. The van der Waals surface area contributed by atoms with Gasteiger partial charge in [-0.25, -0.2) is 4.98 Å². The Labute approximate surface area is 112 Å². The highest BCUT2D eigenvalue weighted by atomic mass is 35.5. The van der Waals surface area contributed by atoms with Crippen molar-refractivity contribution in [2.75, 3.05) is 0 Å². The van der Waals surface area contributed by atoms with Crippen LogP contribution in [0.25, 0.3) is 11.3 Å². The lowest BCUT2D eigenvalue weighted by Crippen LogP contribution is -2.21. The van der Waals surface area contributed by atoms with E-state index in [1.807, 2.05) is 25.1 Å². The number of hydrogen-bond acceptors (Lipinski definition) is 3. The fourth-order valence-electron chi connectivity index (χ4n) is 1.63. The molecule has 1 N–H and O–H groups in total. The molecule has 3 nitrogen and oxygen atoms in total. The quantitative estimate of drug-likeness (QED) is 0.913. The van der Waals surface area contributed by atoms with Crippen LogP contribution in [0.1, 0.15) is 25.3 Å². The summed E-state index contributed by atoms with van der Waals surface area (Å²) in [5, 5.41) is 3.95. The molecule has 18 heavy (non-hydrogen) atoms. The molecule has 1 heterocycles. The first-order valence-corrected chi connectivity index (χ1v) is 6.38. The topological polar surface area (TPSA) is 38.1 Å². The molecule has 0 fully saturated rings. The lowest BCUT2D eigenvalue weighted by Gasteiger charge is -2.04. The molecule has 0 saturated heterocycles.